The van der Waals surface area contributed by atoms with Crippen molar-refractivity contribution in [3.8, 4) is 0 Å². The SMILES string of the molecule is CC(SCc1ccc([N+](=O)[O-])cc1)[Si](C)(C)C. The van der Waals surface area contributed by atoms with Crippen LogP contribution in [0, 0.1) is 10.1 Å². The van der Waals surface area contributed by atoms with E-state index >= 15 is 0 Å². The maximum Gasteiger partial charge on any atom is 0.269 e. The van der Waals surface area contributed by atoms with Crippen LogP contribution in [0.15, 0.2) is 24.3 Å². The molecule has 0 radical (unpaired) electrons. The van der Waals surface area contributed by atoms with Gasteiger partial charge in [-0.2, -0.15) is 11.8 Å². The molecule has 3 nitrogen and oxygen atoms in total. The minimum atomic E-state index is -1.09. The lowest BCUT2D eigenvalue weighted by Crippen LogP contribution is -2.33. The summed E-state index contributed by atoms with van der Waals surface area (Å²) in [7, 11) is -1.09. The number of non-ortho nitro benzene ring substituents is 1. The molecule has 0 saturated heterocycles. The smallest absolute Gasteiger partial charge is 0.258 e. The summed E-state index contributed by atoms with van der Waals surface area (Å²) in [6.07, 6.45) is 0. The fourth-order valence-corrected chi connectivity index (χ4v) is 4.07. The van der Waals surface area contributed by atoms with E-state index in [0.29, 0.717) is 4.87 Å². The Hall–Kier alpha value is -0.813. The van der Waals surface area contributed by atoms with Crippen LogP contribution in [0.5, 0.6) is 0 Å². The number of benzene rings is 1. The molecule has 1 aromatic carbocycles. The van der Waals surface area contributed by atoms with Crippen molar-refractivity contribution < 1.29 is 4.92 Å². The van der Waals surface area contributed by atoms with E-state index in [2.05, 4.69) is 26.6 Å². The lowest BCUT2D eigenvalue weighted by molar-refractivity contribution is -0.384. The molecule has 0 saturated carbocycles. The third kappa shape index (κ3) is 4.51. The monoisotopic (exact) mass is 269 g/mol. The first-order valence-electron chi connectivity index (χ1n) is 5.65. The van der Waals surface area contributed by atoms with Gasteiger partial charge in [0.25, 0.3) is 5.69 Å². The predicted molar refractivity (Wildman–Crippen MR) is 77.2 cm³/mol. The van der Waals surface area contributed by atoms with Gasteiger partial charge in [0.2, 0.25) is 0 Å². The molecule has 0 amide bonds. The van der Waals surface area contributed by atoms with Gasteiger partial charge in [0, 0.05) is 17.9 Å². The van der Waals surface area contributed by atoms with E-state index < -0.39 is 8.07 Å². The quantitative estimate of drug-likeness (QED) is 0.459. The second-order valence-corrected chi connectivity index (χ2v) is 12.6. The van der Waals surface area contributed by atoms with E-state index in [1.807, 2.05) is 23.9 Å². The molecular formula is C12H19NO2SSi. The van der Waals surface area contributed by atoms with Crippen molar-refractivity contribution in [2.45, 2.75) is 37.2 Å². The molecular weight excluding hydrogens is 250 g/mol. The number of nitro groups is 1. The Balaban J connectivity index is 2.56. The zero-order valence-electron chi connectivity index (χ0n) is 10.8. The summed E-state index contributed by atoms with van der Waals surface area (Å²) in [5.41, 5.74) is 1.32. The van der Waals surface area contributed by atoms with Gasteiger partial charge >= 0.3 is 0 Å². The number of thioether (sulfide) groups is 1. The maximum absolute atomic E-state index is 10.5. The van der Waals surface area contributed by atoms with Crippen LogP contribution >= 0.6 is 11.8 Å². The Kier molecular flexibility index (Phi) is 4.77. The molecule has 1 unspecified atom stereocenters. The third-order valence-corrected chi connectivity index (χ3v) is 8.93. The number of hydrogen-bond donors (Lipinski definition) is 0. The van der Waals surface area contributed by atoms with Crippen molar-refractivity contribution in [1.29, 1.82) is 0 Å². The van der Waals surface area contributed by atoms with E-state index in [9.17, 15) is 10.1 Å². The number of nitrogens with zero attached hydrogens (tertiary/aromatic N) is 1. The highest BCUT2D eigenvalue weighted by atomic mass is 32.2. The van der Waals surface area contributed by atoms with Crippen LogP contribution in [0.4, 0.5) is 5.69 Å². The van der Waals surface area contributed by atoms with Crippen LogP contribution in [0.25, 0.3) is 0 Å². The Labute approximate surface area is 108 Å². The van der Waals surface area contributed by atoms with Crippen LogP contribution in [-0.4, -0.2) is 17.9 Å². The van der Waals surface area contributed by atoms with Crippen molar-refractivity contribution in [1.82, 2.24) is 0 Å². The standard InChI is InChI=1S/C12H19NO2SSi/c1-10(17(2,3)4)16-9-11-5-7-12(8-6-11)13(14)15/h5-8,10H,9H2,1-4H3. The van der Waals surface area contributed by atoms with Gasteiger partial charge in [0.05, 0.1) is 13.0 Å². The molecule has 1 atom stereocenters. The lowest BCUT2D eigenvalue weighted by atomic mass is 10.2. The fourth-order valence-electron chi connectivity index (χ4n) is 1.19. The molecule has 0 aliphatic rings. The van der Waals surface area contributed by atoms with Crippen LogP contribution in [-0.2, 0) is 5.75 Å². The Morgan fingerprint density at radius 2 is 1.82 bits per heavy atom. The maximum atomic E-state index is 10.5. The number of hydrogen-bond acceptors (Lipinski definition) is 3. The van der Waals surface area contributed by atoms with Gasteiger partial charge in [-0.25, -0.2) is 0 Å². The van der Waals surface area contributed by atoms with E-state index in [-0.39, 0.29) is 10.6 Å². The van der Waals surface area contributed by atoms with Crippen molar-refractivity contribution in [2.75, 3.05) is 0 Å². The molecule has 0 spiro atoms. The molecule has 0 aliphatic carbocycles. The van der Waals surface area contributed by atoms with Crippen LogP contribution in [0.3, 0.4) is 0 Å². The average molecular weight is 269 g/mol. The van der Waals surface area contributed by atoms with Crippen molar-refractivity contribution in [3.63, 3.8) is 0 Å². The second-order valence-electron chi connectivity index (χ2n) is 5.24. The average Bonchev–Trinajstić information content (AvgIpc) is 2.25. The highest BCUT2D eigenvalue weighted by molar-refractivity contribution is 8.00. The van der Waals surface area contributed by atoms with Crippen molar-refractivity contribution >= 4 is 25.5 Å². The van der Waals surface area contributed by atoms with Gasteiger partial charge in [-0.3, -0.25) is 10.1 Å². The molecule has 17 heavy (non-hydrogen) atoms. The van der Waals surface area contributed by atoms with Crippen LogP contribution in [0.2, 0.25) is 19.6 Å². The van der Waals surface area contributed by atoms with E-state index in [1.165, 1.54) is 0 Å². The molecule has 5 heteroatoms. The van der Waals surface area contributed by atoms with E-state index in [0.717, 1.165) is 11.3 Å². The predicted octanol–water partition coefficient (Wildman–Crippen LogP) is 4.09. The van der Waals surface area contributed by atoms with Gasteiger partial charge in [0.1, 0.15) is 0 Å². The van der Waals surface area contributed by atoms with Crippen LogP contribution < -0.4 is 0 Å². The van der Waals surface area contributed by atoms with E-state index in [1.54, 1.807) is 12.1 Å². The van der Waals surface area contributed by atoms with Crippen molar-refractivity contribution in [3.05, 3.63) is 39.9 Å². The summed E-state index contributed by atoms with van der Waals surface area (Å²) in [5.74, 6) is 0.934. The molecule has 0 heterocycles. The normalized spacial score (nSPS) is 13.4. The third-order valence-electron chi connectivity index (χ3n) is 2.87. The summed E-state index contributed by atoms with van der Waals surface area (Å²) in [6.45, 7) is 9.36. The molecule has 1 aromatic rings. The molecule has 0 aromatic heterocycles. The van der Waals surface area contributed by atoms with Gasteiger partial charge in [-0.05, 0) is 10.4 Å². The second kappa shape index (κ2) is 5.69. The minimum absolute atomic E-state index is 0.164. The van der Waals surface area contributed by atoms with Gasteiger partial charge in [0.15, 0.2) is 0 Å². The van der Waals surface area contributed by atoms with Gasteiger partial charge < -0.3 is 0 Å². The Bertz CT molecular complexity index is 386. The molecule has 0 N–H and O–H groups in total. The zero-order valence-corrected chi connectivity index (χ0v) is 12.6. The number of rotatable bonds is 5. The molecule has 0 bridgehead atoms. The topological polar surface area (TPSA) is 43.1 Å². The van der Waals surface area contributed by atoms with Gasteiger partial charge in [-0.15, -0.1) is 0 Å². The highest BCUT2D eigenvalue weighted by Crippen LogP contribution is 2.25. The summed E-state index contributed by atoms with van der Waals surface area (Å²) < 4.78 is 0. The largest absolute Gasteiger partial charge is 0.269 e. The molecule has 1 rings (SSSR count). The van der Waals surface area contributed by atoms with E-state index in [4.69, 9.17) is 0 Å². The fraction of sp³-hybridized carbons (Fsp3) is 0.500. The summed E-state index contributed by atoms with van der Waals surface area (Å²) in [5, 5.41) is 10.5. The highest BCUT2D eigenvalue weighted by Gasteiger charge is 2.22. The van der Waals surface area contributed by atoms with Gasteiger partial charge in [-0.1, -0.05) is 38.7 Å². The molecule has 0 aliphatic heterocycles. The molecule has 94 valence electrons. The van der Waals surface area contributed by atoms with Crippen LogP contribution in [0.1, 0.15) is 12.5 Å². The van der Waals surface area contributed by atoms with Crippen molar-refractivity contribution in [2.24, 2.45) is 0 Å². The first-order chi connectivity index (χ1) is 7.80. The summed E-state index contributed by atoms with van der Waals surface area (Å²) >= 11 is 1.94. The first kappa shape index (κ1) is 14.2. The Morgan fingerprint density at radius 1 is 1.29 bits per heavy atom. The minimum Gasteiger partial charge on any atom is -0.258 e. The summed E-state index contributed by atoms with van der Waals surface area (Å²) in [4.78, 5) is 10.8. The lowest BCUT2D eigenvalue weighted by Gasteiger charge is -2.24. The molecule has 0 fully saturated rings. The zero-order chi connectivity index (χ0) is 13.1. The number of nitro benzene ring substituents is 1. The first-order valence-corrected chi connectivity index (χ1v) is 10.3. The summed E-state index contributed by atoms with van der Waals surface area (Å²) in [6, 6.07) is 6.86. The Morgan fingerprint density at radius 3 is 2.24 bits per heavy atom.